The average molecular weight is 225 g/mol. The minimum absolute atomic E-state index is 0.494. The van der Waals surface area contributed by atoms with Crippen molar-refractivity contribution < 1.29 is 0 Å². The summed E-state index contributed by atoms with van der Waals surface area (Å²) in [7, 11) is 0. The third kappa shape index (κ3) is 1.42. The smallest absolute Gasteiger partial charge is 0.0830 e. The summed E-state index contributed by atoms with van der Waals surface area (Å²) in [4.78, 5) is 0. The molecule has 2 bridgehead atoms. The van der Waals surface area contributed by atoms with E-state index in [2.05, 4.69) is 35.8 Å². The fourth-order valence-corrected chi connectivity index (χ4v) is 3.05. The van der Waals surface area contributed by atoms with Crippen LogP contribution in [0.15, 0.2) is 36.5 Å². The number of nitrogens with zero attached hydrogens (tertiary/aromatic N) is 2. The van der Waals surface area contributed by atoms with E-state index in [9.17, 15) is 0 Å². The van der Waals surface area contributed by atoms with E-state index in [1.54, 1.807) is 0 Å². The fourth-order valence-electron chi connectivity index (χ4n) is 3.05. The van der Waals surface area contributed by atoms with Crippen molar-refractivity contribution in [1.29, 1.82) is 0 Å². The molecule has 2 aliphatic rings. The molecule has 2 aliphatic heterocycles. The van der Waals surface area contributed by atoms with Crippen molar-refractivity contribution >= 4 is 0 Å². The normalized spacial score (nSPS) is 25.9. The van der Waals surface area contributed by atoms with Crippen LogP contribution in [-0.4, -0.2) is 15.8 Å². The van der Waals surface area contributed by atoms with Gasteiger partial charge in [-0.3, -0.25) is 0 Å². The van der Waals surface area contributed by atoms with E-state index < -0.39 is 0 Å². The molecule has 0 amide bonds. The Kier molecular flexibility index (Phi) is 1.91. The predicted octanol–water partition coefficient (Wildman–Crippen LogP) is 2.22. The SMILES string of the molecule is c1ccc(-n2cc3c(n2)C2CCC(C3)N2)cc1. The van der Waals surface area contributed by atoms with Gasteiger partial charge in [-0.15, -0.1) is 0 Å². The molecule has 1 saturated heterocycles. The number of hydrogen-bond donors (Lipinski definition) is 1. The lowest BCUT2D eigenvalue weighted by Crippen LogP contribution is -2.31. The highest BCUT2D eigenvalue weighted by Crippen LogP contribution is 2.35. The minimum atomic E-state index is 0.494. The van der Waals surface area contributed by atoms with Crippen LogP contribution in [0, 0.1) is 0 Å². The molecule has 3 heteroatoms. The Labute approximate surface area is 100 Å². The van der Waals surface area contributed by atoms with E-state index in [1.807, 2.05) is 10.7 Å². The van der Waals surface area contributed by atoms with Gasteiger partial charge in [0, 0.05) is 12.2 Å². The molecule has 1 N–H and O–H groups in total. The van der Waals surface area contributed by atoms with Crippen molar-refractivity contribution in [2.75, 3.05) is 0 Å². The highest BCUT2D eigenvalue weighted by Gasteiger charge is 2.34. The molecule has 4 rings (SSSR count). The largest absolute Gasteiger partial charge is 0.305 e. The van der Waals surface area contributed by atoms with Gasteiger partial charge in [-0.05, 0) is 37.0 Å². The van der Waals surface area contributed by atoms with Crippen LogP contribution >= 0.6 is 0 Å². The molecule has 3 nitrogen and oxygen atoms in total. The number of hydrogen-bond acceptors (Lipinski definition) is 2. The average Bonchev–Trinajstić information content (AvgIpc) is 2.97. The molecular weight excluding hydrogens is 210 g/mol. The maximum absolute atomic E-state index is 4.75. The maximum atomic E-state index is 4.75. The Morgan fingerprint density at radius 3 is 2.94 bits per heavy atom. The van der Waals surface area contributed by atoms with Gasteiger partial charge < -0.3 is 5.32 Å². The molecule has 0 radical (unpaired) electrons. The standard InChI is InChI=1S/C14H15N3/c1-2-4-12(5-3-1)17-9-10-8-11-6-7-13(15-11)14(10)16-17/h1-5,9,11,13,15H,6-8H2. The van der Waals surface area contributed by atoms with Crippen LogP contribution in [0.4, 0.5) is 0 Å². The van der Waals surface area contributed by atoms with Gasteiger partial charge in [-0.1, -0.05) is 18.2 Å². The Hall–Kier alpha value is -1.61. The van der Waals surface area contributed by atoms with Gasteiger partial charge in [0.15, 0.2) is 0 Å². The van der Waals surface area contributed by atoms with Crippen LogP contribution in [0.2, 0.25) is 0 Å². The zero-order chi connectivity index (χ0) is 11.2. The second-order valence-electron chi connectivity index (χ2n) is 5.02. The highest BCUT2D eigenvalue weighted by molar-refractivity contribution is 5.35. The number of benzene rings is 1. The third-order valence-corrected chi connectivity index (χ3v) is 3.88. The first-order chi connectivity index (χ1) is 8.40. The van der Waals surface area contributed by atoms with Gasteiger partial charge in [0.25, 0.3) is 0 Å². The molecule has 0 spiro atoms. The van der Waals surface area contributed by atoms with E-state index >= 15 is 0 Å². The summed E-state index contributed by atoms with van der Waals surface area (Å²) in [5.74, 6) is 0. The van der Waals surface area contributed by atoms with E-state index in [0.717, 1.165) is 12.1 Å². The summed E-state index contributed by atoms with van der Waals surface area (Å²) in [6.07, 6.45) is 5.88. The fraction of sp³-hybridized carbons (Fsp3) is 0.357. The molecule has 3 heterocycles. The topological polar surface area (TPSA) is 29.9 Å². The molecule has 1 aromatic heterocycles. The zero-order valence-corrected chi connectivity index (χ0v) is 9.63. The Morgan fingerprint density at radius 1 is 1.18 bits per heavy atom. The number of para-hydroxylation sites is 1. The molecule has 0 aliphatic carbocycles. The lowest BCUT2D eigenvalue weighted by atomic mass is 10.0. The summed E-state index contributed by atoms with van der Waals surface area (Å²) in [5, 5.41) is 8.39. The van der Waals surface area contributed by atoms with Crippen molar-refractivity contribution in [1.82, 2.24) is 15.1 Å². The van der Waals surface area contributed by atoms with Crippen molar-refractivity contribution in [3.63, 3.8) is 0 Å². The van der Waals surface area contributed by atoms with Gasteiger partial charge in [0.05, 0.1) is 17.4 Å². The highest BCUT2D eigenvalue weighted by atomic mass is 15.3. The van der Waals surface area contributed by atoms with E-state index in [1.165, 1.54) is 24.1 Å². The molecule has 17 heavy (non-hydrogen) atoms. The zero-order valence-electron chi connectivity index (χ0n) is 9.63. The quantitative estimate of drug-likeness (QED) is 0.806. The van der Waals surface area contributed by atoms with E-state index in [0.29, 0.717) is 12.1 Å². The first-order valence-electron chi connectivity index (χ1n) is 6.30. The third-order valence-electron chi connectivity index (χ3n) is 3.88. The second kappa shape index (κ2) is 3.44. The summed E-state index contributed by atoms with van der Waals surface area (Å²) in [6, 6.07) is 11.5. The summed E-state index contributed by atoms with van der Waals surface area (Å²) in [6.45, 7) is 0. The summed E-state index contributed by atoms with van der Waals surface area (Å²) < 4.78 is 2.02. The lowest BCUT2D eigenvalue weighted by molar-refractivity contribution is 0.506. The maximum Gasteiger partial charge on any atom is 0.0830 e. The first kappa shape index (κ1) is 9.42. The molecule has 0 saturated carbocycles. The molecular formula is C14H15N3. The predicted molar refractivity (Wildman–Crippen MR) is 66.2 cm³/mol. The van der Waals surface area contributed by atoms with Gasteiger partial charge in [-0.25, -0.2) is 4.68 Å². The summed E-state index contributed by atoms with van der Waals surface area (Å²) in [5.41, 5.74) is 3.85. The van der Waals surface area contributed by atoms with Crippen molar-refractivity contribution in [3.05, 3.63) is 47.8 Å². The van der Waals surface area contributed by atoms with Crippen LogP contribution in [-0.2, 0) is 6.42 Å². The van der Waals surface area contributed by atoms with Crippen molar-refractivity contribution in [2.24, 2.45) is 0 Å². The number of fused-ring (bicyclic) bond motifs is 4. The molecule has 2 unspecified atom stereocenters. The van der Waals surface area contributed by atoms with Crippen LogP contribution in [0.3, 0.4) is 0 Å². The van der Waals surface area contributed by atoms with Crippen LogP contribution in [0.25, 0.3) is 5.69 Å². The molecule has 86 valence electrons. The van der Waals surface area contributed by atoms with Crippen LogP contribution < -0.4 is 5.32 Å². The number of nitrogens with one attached hydrogen (secondary N) is 1. The Morgan fingerprint density at radius 2 is 2.06 bits per heavy atom. The van der Waals surface area contributed by atoms with Crippen LogP contribution in [0.5, 0.6) is 0 Å². The van der Waals surface area contributed by atoms with Gasteiger partial charge >= 0.3 is 0 Å². The van der Waals surface area contributed by atoms with E-state index in [-0.39, 0.29) is 0 Å². The van der Waals surface area contributed by atoms with Crippen molar-refractivity contribution in [3.8, 4) is 5.69 Å². The summed E-state index contributed by atoms with van der Waals surface area (Å²) >= 11 is 0. The van der Waals surface area contributed by atoms with Gasteiger partial charge in [-0.2, -0.15) is 5.10 Å². The van der Waals surface area contributed by atoms with Gasteiger partial charge in [0.2, 0.25) is 0 Å². The van der Waals surface area contributed by atoms with E-state index in [4.69, 9.17) is 5.10 Å². The minimum Gasteiger partial charge on any atom is -0.305 e. The van der Waals surface area contributed by atoms with Gasteiger partial charge in [0.1, 0.15) is 0 Å². The Balaban J connectivity index is 1.79. The van der Waals surface area contributed by atoms with Crippen molar-refractivity contribution in [2.45, 2.75) is 31.3 Å². The number of rotatable bonds is 1. The van der Waals surface area contributed by atoms with Crippen LogP contribution in [0.1, 0.15) is 30.1 Å². The lowest BCUT2D eigenvalue weighted by Gasteiger charge is -2.19. The number of aromatic nitrogens is 2. The Bertz CT molecular complexity index is 544. The molecule has 2 atom stereocenters. The molecule has 1 fully saturated rings. The molecule has 1 aromatic carbocycles. The second-order valence-corrected chi connectivity index (χ2v) is 5.02. The first-order valence-corrected chi connectivity index (χ1v) is 6.30. The molecule has 2 aromatic rings. The monoisotopic (exact) mass is 225 g/mol.